The first-order chi connectivity index (χ1) is 11.3. The summed E-state index contributed by atoms with van der Waals surface area (Å²) in [6, 6.07) is 0.0578. The topological polar surface area (TPSA) is 166 Å². The van der Waals surface area contributed by atoms with E-state index in [1.807, 2.05) is 0 Å². The Labute approximate surface area is 194 Å². The van der Waals surface area contributed by atoms with E-state index >= 15 is 0 Å². The quantitative estimate of drug-likeness (QED) is 0.296. The van der Waals surface area contributed by atoms with Gasteiger partial charge < -0.3 is 35.1 Å². The molecular weight excluding hydrogens is 366 g/mol. The third-order valence-electron chi connectivity index (χ3n) is 2.99. The number of hydrogen-bond donors (Lipinski definition) is 3. The van der Waals surface area contributed by atoms with E-state index in [4.69, 9.17) is 10.2 Å². The molecule has 3 N–H and O–H groups in total. The second kappa shape index (κ2) is 13.4. The summed E-state index contributed by atoms with van der Waals surface area (Å²) < 4.78 is 0. The number of carboxylic acids is 2. The number of aliphatic hydroxyl groups is 2. The summed E-state index contributed by atoms with van der Waals surface area (Å²) >= 11 is 0. The molecule has 0 radical (unpaired) electrons. The van der Waals surface area contributed by atoms with Gasteiger partial charge in [0, 0.05) is 23.6 Å². The molecule has 0 aliphatic heterocycles. The number of aromatic hydroxyl groups is 1. The molecule has 0 unspecified atom stereocenters. The van der Waals surface area contributed by atoms with Crippen LogP contribution >= 0.6 is 0 Å². The summed E-state index contributed by atoms with van der Waals surface area (Å²) in [7, 11) is 0. The molecule has 0 aliphatic carbocycles. The Bertz CT molecular complexity index is 627. The fourth-order valence-electron chi connectivity index (χ4n) is 1.74. The second-order valence-corrected chi connectivity index (χ2v) is 4.88. The Morgan fingerprint density at radius 1 is 1.00 bits per heavy atom. The van der Waals surface area contributed by atoms with E-state index in [2.05, 4.69) is 9.98 Å². The van der Waals surface area contributed by atoms with Gasteiger partial charge in [0.25, 0.3) is 0 Å². The number of phenolic OH excluding ortho intramolecular Hbond substituents is 1. The third kappa shape index (κ3) is 8.28. The molecule has 0 amide bonds. The molecule has 0 saturated carbocycles. The molecule has 1 aromatic rings. The summed E-state index contributed by atoms with van der Waals surface area (Å²) in [5.41, 5.74) is 0.939. The molecule has 11 heteroatoms. The number of aryl methyl sites for hydroxylation is 1. The van der Waals surface area contributed by atoms with Crippen LogP contribution in [0.2, 0.25) is 0 Å². The summed E-state index contributed by atoms with van der Waals surface area (Å²) in [4.78, 5) is 28.6. The maximum atomic E-state index is 10.7. The standard InChI is InChI=1S/C15H18N2O7.2Na/c1-8-2-9(4-16-11(6-18)14(21)22)13(20)10(3-8)5-17-12(7-19)15(23)24;;/h2-5,11-12,18-20H,6-7H2,1H3,(H,21,22)(H,23,24);;/q;2*+1/p-2/t11-,12-;;/m0../s1. The van der Waals surface area contributed by atoms with Gasteiger partial charge in [-0.3, -0.25) is 9.98 Å². The van der Waals surface area contributed by atoms with Crippen molar-refractivity contribution in [3.63, 3.8) is 0 Å². The van der Waals surface area contributed by atoms with Crippen molar-refractivity contribution in [2.24, 2.45) is 9.98 Å². The predicted octanol–water partition coefficient (Wildman–Crippen LogP) is -9.23. The van der Waals surface area contributed by atoms with Crippen molar-refractivity contribution in [3.05, 3.63) is 28.8 Å². The van der Waals surface area contributed by atoms with Crippen LogP contribution in [0.3, 0.4) is 0 Å². The number of carboxylic acid groups (broad SMARTS) is 2. The molecule has 1 aromatic carbocycles. The van der Waals surface area contributed by atoms with E-state index < -0.39 is 37.2 Å². The van der Waals surface area contributed by atoms with Crippen LogP contribution in [0.5, 0.6) is 5.75 Å². The molecule has 0 aromatic heterocycles. The normalized spacial score (nSPS) is 13.0. The largest absolute Gasteiger partial charge is 1.00 e. The zero-order valence-electron chi connectivity index (χ0n) is 14.7. The van der Waals surface area contributed by atoms with Gasteiger partial charge in [0.2, 0.25) is 0 Å². The molecule has 0 aliphatic rings. The monoisotopic (exact) mass is 382 g/mol. The number of aliphatic imine (C=N–C) groups is 2. The summed E-state index contributed by atoms with van der Waals surface area (Å²) in [6.45, 7) is 0.158. The van der Waals surface area contributed by atoms with Crippen LogP contribution in [0, 0.1) is 6.92 Å². The van der Waals surface area contributed by atoms with E-state index in [1.165, 1.54) is 12.1 Å². The van der Waals surface area contributed by atoms with Crippen molar-refractivity contribution < 1.29 is 94.2 Å². The minimum atomic E-state index is -1.57. The first-order valence-electron chi connectivity index (χ1n) is 6.83. The molecule has 2 atom stereocenters. The maximum absolute atomic E-state index is 10.7. The average molecular weight is 382 g/mol. The van der Waals surface area contributed by atoms with E-state index in [0.717, 1.165) is 12.4 Å². The number of aliphatic carboxylic acids is 2. The molecule has 0 heterocycles. The summed E-state index contributed by atoms with van der Waals surface area (Å²) in [5, 5.41) is 49.3. The summed E-state index contributed by atoms with van der Waals surface area (Å²) in [6.07, 6.45) is 2.11. The molecular formula is C15H16N2Na2O7. The molecule has 0 bridgehead atoms. The van der Waals surface area contributed by atoms with Crippen molar-refractivity contribution in [3.8, 4) is 5.75 Å². The predicted molar refractivity (Wildman–Crippen MR) is 79.8 cm³/mol. The molecule has 0 spiro atoms. The number of carbonyl (C=O) groups is 2. The first kappa shape index (κ1) is 27.4. The van der Waals surface area contributed by atoms with E-state index in [0.29, 0.717) is 5.56 Å². The van der Waals surface area contributed by atoms with Gasteiger partial charge in [-0.15, -0.1) is 0 Å². The zero-order chi connectivity index (χ0) is 18.3. The molecule has 0 fully saturated rings. The molecule has 130 valence electrons. The molecule has 9 nitrogen and oxygen atoms in total. The van der Waals surface area contributed by atoms with Crippen LogP contribution in [0.25, 0.3) is 0 Å². The van der Waals surface area contributed by atoms with E-state index in [-0.39, 0.29) is 76.0 Å². The Hall–Kier alpha value is -0.780. The van der Waals surface area contributed by atoms with Gasteiger partial charge in [-0.2, -0.15) is 0 Å². The molecule has 1 rings (SSSR count). The van der Waals surface area contributed by atoms with Crippen molar-refractivity contribution in [2.75, 3.05) is 13.2 Å². The number of phenols is 1. The maximum Gasteiger partial charge on any atom is 1.00 e. The third-order valence-corrected chi connectivity index (χ3v) is 2.99. The van der Waals surface area contributed by atoms with Crippen LogP contribution in [0.1, 0.15) is 16.7 Å². The number of hydrogen-bond acceptors (Lipinski definition) is 9. The Morgan fingerprint density at radius 3 is 1.62 bits per heavy atom. The van der Waals surface area contributed by atoms with Crippen LogP contribution in [0.4, 0.5) is 0 Å². The number of rotatable bonds is 8. The second-order valence-electron chi connectivity index (χ2n) is 4.88. The van der Waals surface area contributed by atoms with Gasteiger partial charge in [0.1, 0.15) is 17.8 Å². The van der Waals surface area contributed by atoms with E-state index in [1.54, 1.807) is 6.92 Å². The van der Waals surface area contributed by atoms with Gasteiger partial charge in [0.15, 0.2) is 0 Å². The van der Waals surface area contributed by atoms with Crippen molar-refractivity contribution >= 4 is 24.4 Å². The zero-order valence-corrected chi connectivity index (χ0v) is 18.7. The number of carbonyl (C=O) groups excluding carboxylic acids is 2. The van der Waals surface area contributed by atoms with Gasteiger partial charge in [-0.25, -0.2) is 0 Å². The number of benzene rings is 1. The van der Waals surface area contributed by atoms with Crippen LogP contribution < -0.4 is 69.3 Å². The SMILES string of the molecule is Cc1cc(C=N[C@@H](CO)C(=O)[O-])c(O)c(C=N[C@@H](CO)C(=O)[O-])c1.[Na+].[Na+]. The smallest absolute Gasteiger partial charge is 0.548 e. The fraction of sp³-hybridized carbons (Fsp3) is 0.333. The van der Waals surface area contributed by atoms with Crippen molar-refractivity contribution in [1.82, 2.24) is 0 Å². The van der Waals surface area contributed by atoms with Crippen LogP contribution in [0.15, 0.2) is 22.1 Å². The van der Waals surface area contributed by atoms with E-state index in [9.17, 15) is 24.9 Å². The minimum absolute atomic E-state index is 0. The van der Waals surface area contributed by atoms with Crippen molar-refractivity contribution in [1.29, 1.82) is 0 Å². The van der Waals surface area contributed by atoms with Gasteiger partial charge in [0.05, 0.1) is 25.2 Å². The average Bonchev–Trinajstić information content (AvgIpc) is 2.51. The number of aliphatic hydroxyl groups excluding tert-OH is 2. The Balaban J connectivity index is 0. The summed E-state index contributed by atoms with van der Waals surface area (Å²) in [5.74, 6) is -3.46. The van der Waals surface area contributed by atoms with Crippen molar-refractivity contribution in [2.45, 2.75) is 19.0 Å². The molecule has 0 saturated heterocycles. The van der Waals surface area contributed by atoms with Gasteiger partial charge in [-0.05, 0) is 24.6 Å². The van der Waals surface area contributed by atoms with Gasteiger partial charge in [-0.1, -0.05) is 0 Å². The minimum Gasteiger partial charge on any atom is -0.548 e. The fourth-order valence-corrected chi connectivity index (χ4v) is 1.74. The number of nitrogens with zero attached hydrogens (tertiary/aromatic N) is 2. The Morgan fingerprint density at radius 2 is 1.35 bits per heavy atom. The molecule has 26 heavy (non-hydrogen) atoms. The first-order valence-corrected chi connectivity index (χ1v) is 6.83. The van der Waals surface area contributed by atoms with Crippen LogP contribution in [-0.4, -0.2) is 65.0 Å². The van der Waals surface area contributed by atoms with Gasteiger partial charge >= 0.3 is 59.1 Å². The van der Waals surface area contributed by atoms with Crippen LogP contribution in [-0.2, 0) is 9.59 Å². The Kier molecular flexibility index (Phi) is 14.1.